The van der Waals surface area contributed by atoms with Gasteiger partial charge in [0, 0.05) is 19.8 Å². The van der Waals surface area contributed by atoms with Crippen LogP contribution in [-0.2, 0) is 6.54 Å². The van der Waals surface area contributed by atoms with E-state index in [4.69, 9.17) is 5.41 Å². The van der Waals surface area contributed by atoms with Crippen molar-refractivity contribution in [3.8, 4) is 0 Å². The minimum absolute atomic E-state index is 0.0673. The van der Waals surface area contributed by atoms with E-state index in [-0.39, 0.29) is 12.4 Å². The maximum absolute atomic E-state index is 13.4. The van der Waals surface area contributed by atoms with Gasteiger partial charge in [0.15, 0.2) is 11.5 Å². The first-order valence-corrected chi connectivity index (χ1v) is 8.18. The van der Waals surface area contributed by atoms with E-state index in [9.17, 15) is 13.2 Å². The Bertz CT molecular complexity index is 884. The van der Waals surface area contributed by atoms with Crippen LogP contribution >= 0.6 is 0 Å². The molecule has 0 fully saturated rings. The second kappa shape index (κ2) is 7.22. The van der Waals surface area contributed by atoms with Crippen LogP contribution in [0.4, 0.5) is 24.5 Å². The molecule has 0 atom stereocenters. The summed E-state index contributed by atoms with van der Waals surface area (Å²) in [7, 11) is 3.73. The number of amidine groups is 1. The molecule has 0 spiro atoms. The van der Waals surface area contributed by atoms with Gasteiger partial charge in [-0.3, -0.25) is 5.41 Å². The minimum atomic E-state index is -4.69. The molecular weight excluding hydrogens is 355 g/mol. The highest BCUT2D eigenvalue weighted by molar-refractivity contribution is 6.70. The van der Waals surface area contributed by atoms with E-state index in [1.54, 1.807) is 48.5 Å². The average molecular weight is 373 g/mol. The highest BCUT2D eigenvalue weighted by Crippen LogP contribution is 2.27. The van der Waals surface area contributed by atoms with Crippen molar-refractivity contribution < 1.29 is 13.2 Å². The fraction of sp³-hybridized carbons (Fsp3) is 0.211. The molecule has 3 rings (SSSR count). The van der Waals surface area contributed by atoms with Gasteiger partial charge in [-0.1, -0.05) is 30.3 Å². The topological polar surface area (TPSA) is 55.1 Å². The Labute approximate surface area is 154 Å². The zero-order valence-corrected chi connectivity index (χ0v) is 14.8. The number of hydrazone groups is 1. The van der Waals surface area contributed by atoms with Crippen LogP contribution in [0, 0.1) is 5.41 Å². The number of nitrogens with zero attached hydrogens (tertiary/aromatic N) is 4. The predicted octanol–water partition coefficient (Wildman–Crippen LogP) is 4.24. The third-order valence-electron chi connectivity index (χ3n) is 3.98. The fourth-order valence-electron chi connectivity index (χ4n) is 2.57. The Hall–Kier alpha value is -3.16. The van der Waals surface area contributed by atoms with Crippen LogP contribution in [0.2, 0.25) is 0 Å². The molecule has 0 aromatic heterocycles. The molecule has 0 amide bonds. The summed E-state index contributed by atoms with van der Waals surface area (Å²) >= 11 is 0. The summed E-state index contributed by atoms with van der Waals surface area (Å²) in [6, 6.07) is 15.7. The van der Waals surface area contributed by atoms with E-state index >= 15 is 0 Å². The summed E-state index contributed by atoms with van der Waals surface area (Å²) in [5.41, 5.74) is 0.356. The smallest absolute Gasteiger partial charge is 0.378 e. The maximum atomic E-state index is 13.4. The van der Waals surface area contributed by atoms with Gasteiger partial charge in [-0.25, -0.2) is 10.0 Å². The Kier molecular flexibility index (Phi) is 4.98. The molecular formula is C19H18F3N5. The van der Waals surface area contributed by atoms with Crippen molar-refractivity contribution in [3.63, 3.8) is 0 Å². The number of aliphatic imine (C=N–C) groups is 1. The van der Waals surface area contributed by atoms with E-state index in [1.165, 1.54) is 0 Å². The van der Waals surface area contributed by atoms with Crippen molar-refractivity contribution in [1.82, 2.24) is 5.01 Å². The molecule has 0 saturated carbocycles. The fourth-order valence-corrected chi connectivity index (χ4v) is 2.57. The van der Waals surface area contributed by atoms with Crippen molar-refractivity contribution in [2.45, 2.75) is 12.7 Å². The predicted molar refractivity (Wildman–Crippen MR) is 101 cm³/mol. The van der Waals surface area contributed by atoms with Gasteiger partial charge in [0.05, 0.1) is 12.2 Å². The lowest BCUT2D eigenvalue weighted by Gasteiger charge is -2.13. The number of halogens is 3. The summed E-state index contributed by atoms with van der Waals surface area (Å²) in [4.78, 5) is 5.93. The first-order valence-electron chi connectivity index (χ1n) is 8.18. The minimum Gasteiger partial charge on any atom is -0.378 e. The number of alkyl halides is 3. The van der Waals surface area contributed by atoms with Crippen molar-refractivity contribution in [2.75, 3.05) is 19.0 Å². The van der Waals surface area contributed by atoms with Crippen LogP contribution in [0.25, 0.3) is 0 Å². The summed E-state index contributed by atoms with van der Waals surface area (Å²) in [5.74, 6) is -0.372. The first-order chi connectivity index (χ1) is 12.8. The Balaban J connectivity index is 1.93. The largest absolute Gasteiger partial charge is 0.437 e. The second-order valence-electron chi connectivity index (χ2n) is 6.21. The molecule has 0 aliphatic carbocycles. The van der Waals surface area contributed by atoms with E-state index in [1.807, 2.05) is 25.1 Å². The normalized spacial score (nSPS) is 16.0. The average Bonchev–Trinajstić information content (AvgIpc) is 2.93. The molecule has 1 heterocycles. The molecule has 27 heavy (non-hydrogen) atoms. The van der Waals surface area contributed by atoms with Crippen LogP contribution in [0.5, 0.6) is 0 Å². The highest BCUT2D eigenvalue weighted by Gasteiger charge is 2.46. The third-order valence-corrected chi connectivity index (χ3v) is 3.98. The van der Waals surface area contributed by atoms with Gasteiger partial charge in [-0.05, 0) is 29.8 Å². The molecule has 0 saturated heterocycles. The van der Waals surface area contributed by atoms with Gasteiger partial charge >= 0.3 is 6.18 Å². The van der Waals surface area contributed by atoms with Crippen molar-refractivity contribution in [2.24, 2.45) is 10.1 Å². The molecule has 8 heteroatoms. The van der Waals surface area contributed by atoms with E-state index in [0.29, 0.717) is 5.69 Å². The van der Waals surface area contributed by atoms with Crippen LogP contribution in [0.3, 0.4) is 0 Å². The molecule has 2 aromatic carbocycles. The quantitative estimate of drug-likeness (QED) is 0.872. The lowest BCUT2D eigenvalue weighted by atomic mass is 10.2. The van der Waals surface area contributed by atoms with Crippen molar-refractivity contribution in [3.05, 3.63) is 60.2 Å². The van der Waals surface area contributed by atoms with Crippen LogP contribution in [-0.4, -0.2) is 42.5 Å². The SMILES string of the molecule is CN(C)c1ccc(N=C2C(=N)N(Cc3ccccc3)N=C2C(F)(F)F)cc1. The number of anilines is 1. The number of benzene rings is 2. The van der Waals surface area contributed by atoms with Gasteiger partial charge in [0.25, 0.3) is 0 Å². The molecule has 140 valence electrons. The summed E-state index contributed by atoms with van der Waals surface area (Å²) in [6.07, 6.45) is -4.69. The van der Waals surface area contributed by atoms with Gasteiger partial charge < -0.3 is 4.90 Å². The lowest BCUT2D eigenvalue weighted by Crippen LogP contribution is -2.33. The Morgan fingerprint density at radius 3 is 2.22 bits per heavy atom. The number of nitrogens with one attached hydrogen (secondary N) is 1. The zero-order chi connectivity index (χ0) is 19.6. The van der Waals surface area contributed by atoms with Gasteiger partial charge in [0.2, 0.25) is 0 Å². The Morgan fingerprint density at radius 2 is 1.67 bits per heavy atom. The Morgan fingerprint density at radius 1 is 1.04 bits per heavy atom. The van der Waals surface area contributed by atoms with Crippen LogP contribution in [0.15, 0.2) is 64.7 Å². The van der Waals surface area contributed by atoms with Gasteiger partial charge in [-0.15, -0.1) is 0 Å². The maximum Gasteiger partial charge on any atom is 0.437 e. The molecule has 1 aliphatic heterocycles. The monoisotopic (exact) mass is 373 g/mol. The summed E-state index contributed by atoms with van der Waals surface area (Å²) in [5, 5.41) is 12.8. The number of rotatable bonds is 4. The zero-order valence-electron chi connectivity index (χ0n) is 14.8. The molecule has 2 aromatic rings. The van der Waals surface area contributed by atoms with Gasteiger partial charge in [0.1, 0.15) is 5.71 Å². The van der Waals surface area contributed by atoms with Crippen LogP contribution in [0.1, 0.15) is 5.56 Å². The summed E-state index contributed by atoms with van der Waals surface area (Å²) in [6.45, 7) is 0.0673. The van der Waals surface area contributed by atoms with Crippen molar-refractivity contribution in [1.29, 1.82) is 5.41 Å². The van der Waals surface area contributed by atoms with Crippen molar-refractivity contribution >= 4 is 28.6 Å². The molecule has 0 bridgehead atoms. The summed E-state index contributed by atoms with van der Waals surface area (Å²) < 4.78 is 40.3. The highest BCUT2D eigenvalue weighted by atomic mass is 19.4. The number of hydrogen-bond donors (Lipinski definition) is 1. The van der Waals surface area contributed by atoms with E-state index in [0.717, 1.165) is 16.3 Å². The standard InChI is InChI=1S/C19H18F3N5/c1-26(2)15-10-8-14(9-11-15)24-16-17(19(20,21)22)25-27(18(16)23)12-13-6-4-3-5-7-13/h3-11,23H,12H2,1-2H3. The second-order valence-corrected chi connectivity index (χ2v) is 6.21. The molecule has 0 radical (unpaired) electrons. The molecule has 1 N–H and O–H groups in total. The first kappa shape index (κ1) is 18.6. The van der Waals surface area contributed by atoms with Gasteiger partial charge in [-0.2, -0.15) is 18.3 Å². The van der Waals surface area contributed by atoms with E-state index < -0.39 is 17.6 Å². The lowest BCUT2D eigenvalue weighted by molar-refractivity contribution is -0.0571. The molecule has 1 aliphatic rings. The third kappa shape index (κ3) is 4.16. The van der Waals surface area contributed by atoms with Crippen LogP contribution < -0.4 is 4.90 Å². The number of hydrogen-bond acceptors (Lipinski definition) is 4. The molecule has 0 unspecified atom stereocenters. The van der Waals surface area contributed by atoms with E-state index in [2.05, 4.69) is 10.1 Å². The molecule has 5 nitrogen and oxygen atoms in total.